The van der Waals surface area contributed by atoms with E-state index >= 15 is 0 Å². The minimum Gasteiger partial charge on any atom is -0.400 e. The summed E-state index contributed by atoms with van der Waals surface area (Å²) in [6.45, 7) is 4.21. The summed E-state index contributed by atoms with van der Waals surface area (Å²) in [6.07, 6.45) is 4.14. The molecule has 0 amide bonds. The highest BCUT2D eigenvalue weighted by molar-refractivity contribution is 5.96. The number of nitrogens with zero attached hydrogens (tertiary/aromatic N) is 3. The molecule has 0 bridgehead atoms. The zero-order valence-electron chi connectivity index (χ0n) is 16.3. The molecular weight excluding hydrogens is 340 g/mol. The van der Waals surface area contributed by atoms with Crippen molar-refractivity contribution in [2.75, 3.05) is 13.7 Å². The van der Waals surface area contributed by atoms with Crippen molar-refractivity contribution in [2.45, 2.75) is 45.4 Å². The molecule has 1 aliphatic rings. The summed E-state index contributed by atoms with van der Waals surface area (Å²) in [5.41, 5.74) is 5.06. The Balaban J connectivity index is 0.00000126. The van der Waals surface area contributed by atoms with Gasteiger partial charge < -0.3 is 15.4 Å². The molecule has 0 aromatic carbocycles. The van der Waals surface area contributed by atoms with Gasteiger partial charge in [-0.2, -0.15) is 0 Å². The molecule has 0 spiro atoms. The molecule has 1 fully saturated rings. The van der Waals surface area contributed by atoms with Crippen LogP contribution in [0.15, 0.2) is 41.6 Å². The second-order valence-corrected chi connectivity index (χ2v) is 6.47. The van der Waals surface area contributed by atoms with Crippen LogP contribution in [0.25, 0.3) is 0 Å². The first-order chi connectivity index (χ1) is 13.1. The largest absolute Gasteiger partial charge is 0.400 e. The number of rotatable bonds is 8. The van der Waals surface area contributed by atoms with Gasteiger partial charge >= 0.3 is 0 Å². The van der Waals surface area contributed by atoms with Crippen LogP contribution in [0.1, 0.15) is 61.8 Å². The van der Waals surface area contributed by atoms with Crippen molar-refractivity contribution < 1.29 is 9.94 Å². The van der Waals surface area contributed by atoms with E-state index in [0.29, 0.717) is 18.2 Å². The number of aromatic nitrogens is 2. The van der Waals surface area contributed by atoms with E-state index in [1.807, 2.05) is 37.3 Å². The summed E-state index contributed by atoms with van der Waals surface area (Å²) in [5.74, 6) is 0.640. The van der Waals surface area contributed by atoms with Crippen LogP contribution in [-0.4, -0.2) is 40.2 Å². The van der Waals surface area contributed by atoms with Gasteiger partial charge in [-0.25, -0.2) is 0 Å². The molecule has 144 valence electrons. The summed E-state index contributed by atoms with van der Waals surface area (Å²) in [4.78, 5) is 14.6. The van der Waals surface area contributed by atoms with Crippen LogP contribution >= 0.6 is 0 Å². The fraction of sp³-hybridized carbons (Fsp3) is 0.429. The van der Waals surface area contributed by atoms with E-state index in [2.05, 4.69) is 21.2 Å². The molecule has 2 aromatic heterocycles. The Labute approximate surface area is 160 Å². The van der Waals surface area contributed by atoms with Crippen molar-refractivity contribution in [1.82, 2.24) is 9.97 Å². The Morgan fingerprint density at radius 1 is 1.11 bits per heavy atom. The number of pyridine rings is 2. The summed E-state index contributed by atoms with van der Waals surface area (Å²) in [6, 6.07) is 11.9. The van der Waals surface area contributed by atoms with E-state index in [1.54, 1.807) is 6.92 Å². The number of oxime groups is 1. The van der Waals surface area contributed by atoms with Crippen molar-refractivity contribution >= 4 is 11.4 Å². The number of aryl methyl sites for hydroxylation is 1. The van der Waals surface area contributed by atoms with Crippen molar-refractivity contribution in [2.24, 2.45) is 5.16 Å². The van der Waals surface area contributed by atoms with Gasteiger partial charge in [-0.1, -0.05) is 17.3 Å². The molecule has 0 aliphatic heterocycles. The van der Waals surface area contributed by atoms with Gasteiger partial charge in [0.05, 0.1) is 17.1 Å². The number of nitrogens with one attached hydrogen (secondary N) is 1. The van der Waals surface area contributed by atoms with E-state index in [9.17, 15) is 0 Å². The van der Waals surface area contributed by atoms with E-state index in [-0.39, 0.29) is 0 Å². The Kier molecular flexibility index (Phi) is 8.07. The molecule has 6 nitrogen and oxygen atoms in total. The Morgan fingerprint density at radius 3 is 2.52 bits per heavy atom. The lowest BCUT2D eigenvalue weighted by atomic mass is 10.2. The highest BCUT2D eigenvalue weighted by Gasteiger charge is 2.25. The van der Waals surface area contributed by atoms with Crippen LogP contribution in [0.5, 0.6) is 0 Å². The lowest BCUT2D eigenvalue weighted by Crippen LogP contribution is -2.03. The molecule has 0 unspecified atom stereocenters. The lowest BCUT2D eigenvalue weighted by molar-refractivity contribution is 0.141. The number of aliphatic hydroxyl groups is 1. The predicted octanol–water partition coefficient (Wildman–Crippen LogP) is 3.72. The monoisotopic (exact) mass is 368 g/mol. The molecule has 0 radical (unpaired) electrons. The first kappa shape index (κ1) is 20.7. The van der Waals surface area contributed by atoms with Crippen molar-refractivity contribution in [3.05, 3.63) is 59.2 Å². The normalized spacial score (nSPS) is 13.6. The molecule has 1 saturated carbocycles. The van der Waals surface area contributed by atoms with E-state index in [4.69, 9.17) is 15.4 Å². The highest BCUT2D eigenvalue weighted by atomic mass is 16.6. The quantitative estimate of drug-likeness (QED) is 0.422. The van der Waals surface area contributed by atoms with Gasteiger partial charge in [-0.3, -0.25) is 9.97 Å². The minimum absolute atomic E-state index is 0.485. The molecule has 2 heterocycles. The van der Waals surface area contributed by atoms with Gasteiger partial charge in [0.2, 0.25) is 0 Å². The minimum atomic E-state index is 0.485. The third kappa shape index (κ3) is 6.57. The topological polar surface area (TPSA) is 91.5 Å². The fourth-order valence-corrected chi connectivity index (χ4v) is 2.59. The first-order valence-electron chi connectivity index (χ1n) is 9.23. The molecule has 2 N–H and O–H groups in total. The van der Waals surface area contributed by atoms with E-state index in [1.165, 1.54) is 18.5 Å². The van der Waals surface area contributed by atoms with Gasteiger partial charge in [-0.05, 0) is 63.8 Å². The molecule has 27 heavy (non-hydrogen) atoms. The van der Waals surface area contributed by atoms with E-state index in [0.717, 1.165) is 42.7 Å². The summed E-state index contributed by atoms with van der Waals surface area (Å²) in [5, 5.41) is 18.8. The van der Waals surface area contributed by atoms with Crippen molar-refractivity contribution in [1.29, 1.82) is 5.41 Å². The predicted molar refractivity (Wildman–Crippen MR) is 108 cm³/mol. The van der Waals surface area contributed by atoms with Gasteiger partial charge in [-0.15, -0.1) is 0 Å². The maximum atomic E-state index is 7.64. The molecular formula is C21H28N4O2. The molecule has 0 atom stereocenters. The smallest absolute Gasteiger partial charge is 0.117 e. The summed E-state index contributed by atoms with van der Waals surface area (Å²) >= 11 is 0. The summed E-state index contributed by atoms with van der Waals surface area (Å²) < 4.78 is 0. The second-order valence-electron chi connectivity index (χ2n) is 6.47. The fourth-order valence-electron chi connectivity index (χ4n) is 2.59. The molecule has 0 saturated heterocycles. The average molecular weight is 368 g/mol. The Bertz CT molecular complexity index is 785. The average Bonchev–Trinajstić information content (AvgIpc) is 3.55. The maximum Gasteiger partial charge on any atom is 0.117 e. The van der Waals surface area contributed by atoms with Crippen molar-refractivity contribution in [3.63, 3.8) is 0 Å². The highest BCUT2D eigenvalue weighted by Crippen LogP contribution is 2.38. The molecule has 1 aliphatic carbocycles. The number of hydrogen-bond acceptors (Lipinski definition) is 6. The van der Waals surface area contributed by atoms with Crippen LogP contribution in [0, 0.1) is 5.41 Å². The third-order valence-corrected chi connectivity index (χ3v) is 4.20. The zero-order chi connectivity index (χ0) is 19.6. The van der Waals surface area contributed by atoms with Gasteiger partial charge in [0.15, 0.2) is 0 Å². The molecule has 6 heteroatoms. The van der Waals surface area contributed by atoms with Crippen LogP contribution in [-0.2, 0) is 11.3 Å². The van der Waals surface area contributed by atoms with Gasteiger partial charge in [0.25, 0.3) is 0 Å². The van der Waals surface area contributed by atoms with Gasteiger partial charge in [0.1, 0.15) is 12.3 Å². The Morgan fingerprint density at radius 2 is 1.81 bits per heavy atom. The SMILES string of the molecule is CC(=N)c1cccc(CCCO/N=C(\C)c2cccc(C3CC3)n2)n1.CO. The van der Waals surface area contributed by atoms with Crippen LogP contribution in [0.2, 0.25) is 0 Å². The standard InChI is InChI=1S/C20H24N4O.CH4O/c1-14(21)18-8-3-6-17(22-18)7-5-13-25-24-15(2)19-9-4-10-20(23-19)16-11-12-16;1-2/h3-4,6,8-10,16,21H,5,7,11-13H2,1-2H3;2H,1H3/b21-14?,24-15+;. The van der Waals surface area contributed by atoms with E-state index < -0.39 is 0 Å². The number of aliphatic hydroxyl groups excluding tert-OH is 1. The van der Waals surface area contributed by atoms with Gasteiger partial charge in [0, 0.05) is 24.4 Å². The van der Waals surface area contributed by atoms with Crippen LogP contribution < -0.4 is 0 Å². The third-order valence-electron chi connectivity index (χ3n) is 4.20. The van der Waals surface area contributed by atoms with Crippen LogP contribution in [0.4, 0.5) is 0 Å². The Hall–Kier alpha value is -2.60. The molecule has 2 aromatic rings. The van der Waals surface area contributed by atoms with Crippen molar-refractivity contribution in [3.8, 4) is 0 Å². The summed E-state index contributed by atoms with van der Waals surface area (Å²) in [7, 11) is 1.00. The molecule has 3 rings (SSSR count). The number of hydrogen-bond donors (Lipinski definition) is 2. The van der Waals surface area contributed by atoms with Crippen LogP contribution in [0.3, 0.4) is 0 Å². The first-order valence-corrected chi connectivity index (χ1v) is 9.23. The second kappa shape index (κ2) is 10.5. The lowest BCUT2D eigenvalue weighted by Gasteiger charge is -2.05. The maximum absolute atomic E-state index is 7.64. The zero-order valence-corrected chi connectivity index (χ0v) is 16.3.